The maximum atomic E-state index is 13.2. The van der Waals surface area contributed by atoms with Crippen molar-refractivity contribution in [2.45, 2.75) is 44.9 Å². The highest BCUT2D eigenvalue weighted by Crippen LogP contribution is 2.61. The molecule has 4 bridgehead atoms. The Morgan fingerprint density at radius 3 is 2.19 bits per heavy atom. The molecule has 1 saturated heterocycles. The zero-order valence-corrected chi connectivity index (χ0v) is 18.2. The number of hydrogen-bond donors (Lipinski definition) is 0. The van der Waals surface area contributed by atoms with Gasteiger partial charge in [0, 0.05) is 44.2 Å². The van der Waals surface area contributed by atoms with Crippen LogP contribution in [0, 0.1) is 23.2 Å². The number of amides is 1. The molecule has 4 saturated carbocycles. The number of piperazine rings is 1. The van der Waals surface area contributed by atoms with Gasteiger partial charge in [-0.05, 0) is 61.7 Å². The number of hydrogen-bond acceptors (Lipinski definition) is 4. The molecule has 1 aliphatic heterocycles. The predicted molar refractivity (Wildman–Crippen MR) is 121 cm³/mol. The van der Waals surface area contributed by atoms with Crippen LogP contribution in [0.4, 0.5) is 5.82 Å². The van der Waals surface area contributed by atoms with Crippen LogP contribution >= 0.6 is 0 Å². The van der Waals surface area contributed by atoms with Gasteiger partial charge in [0.05, 0.1) is 5.69 Å². The van der Waals surface area contributed by atoms with E-state index in [1.165, 1.54) is 38.5 Å². The number of benzene rings is 1. The molecule has 2 heterocycles. The van der Waals surface area contributed by atoms with Crippen LogP contribution in [0.3, 0.4) is 0 Å². The Bertz CT molecular complexity index is 916. The SMILES string of the molecule is O=C(CC12CC3CC(CC(C3)C1)C2)N1CCN(c2cc(-c3ccccc3)ncn2)CC1. The molecule has 1 aromatic carbocycles. The van der Waals surface area contributed by atoms with Crippen LogP contribution in [0.1, 0.15) is 44.9 Å². The maximum absolute atomic E-state index is 13.2. The van der Waals surface area contributed by atoms with E-state index in [1.54, 1.807) is 6.33 Å². The van der Waals surface area contributed by atoms with Gasteiger partial charge in [0.1, 0.15) is 12.1 Å². The first-order chi connectivity index (χ1) is 15.2. The lowest BCUT2D eigenvalue weighted by Gasteiger charge is -2.57. The average Bonchev–Trinajstić information content (AvgIpc) is 2.79. The van der Waals surface area contributed by atoms with E-state index in [4.69, 9.17) is 0 Å². The van der Waals surface area contributed by atoms with Gasteiger partial charge in [-0.25, -0.2) is 9.97 Å². The van der Waals surface area contributed by atoms with E-state index >= 15 is 0 Å². The van der Waals surface area contributed by atoms with Gasteiger partial charge >= 0.3 is 0 Å². The van der Waals surface area contributed by atoms with Crippen LogP contribution in [0.25, 0.3) is 11.3 Å². The highest BCUT2D eigenvalue weighted by atomic mass is 16.2. The van der Waals surface area contributed by atoms with Crippen molar-refractivity contribution in [3.8, 4) is 11.3 Å². The number of carbonyl (C=O) groups is 1. The van der Waals surface area contributed by atoms with Crippen molar-refractivity contribution in [2.75, 3.05) is 31.1 Å². The molecule has 5 fully saturated rings. The summed E-state index contributed by atoms with van der Waals surface area (Å²) < 4.78 is 0. The summed E-state index contributed by atoms with van der Waals surface area (Å²) in [4.78, 5) is 26.6. The second kappa shape index (κ2) is 7.61. The summed E-state index contributed by atoms with van der Waals surface area (Å²) in [6.45, 7) is 3.29. The summed E-state index contributed by atoms with van der Waals surface area (Å²) in [5.74, 6) is 4.09. The second-order valence-electron chi connectivity index (χ2n) is 10.6. The molecule has 5 aliphatic rings. The molecule has 5 heteroatoms. The van der Waals surface area contributed by atoms with Crippen LogP contribution < -0.4 is 4.90 Å². The Balaban J connectivity index is 1.09. The standard InChI is InChI=1S/C26H32N4O/c31-25(17-26-14-19-10-20(15-26)12-21(11-19)16-26)30-8-6-29(7-9-30)24-13-23(27-18-28-24)22-4-2-1-3-5-22/h1-5,13,18-21H,6-12,14-17H2. The molecule has 4 aliphatic carbocycles. The minimum atomic E-state index is 0.334. The van der Waals surface area contributed by atoms with Gasteiger partial charge in [0.2, 0.25) is 5.91 Å². The summed E-state index contributed by atoms with van der Waals surface area (Å²) in [5, 5.41) is 0. The average molecular weight is 417 g/mol. The van der Waals surface area contributed by atoms with Crippen molar-refractivity contribution in [3.05, 3.63) is 42.7 Å². The van der Waals surface area contributed by atoms with E-state index in [0.717, 1.165) is 67.4 Å². The zero-order valence-electron chi connectivity index (χ0n) is 18.2. The summed E-state index contributed by atoms with van der Waals surface area (Å²) in [6.07, 6.45) is 10.7. The molecule has 0 atom stereocenters. The minimum absolute atomic E-state index is 0.334. The molecule has 2 aromatic rings. The Labute approximate surface area is 184 Å². The van der Waals surface area contributed by atoms with Crippen molar-refractivity contribution in [2.24, 2.45) is 23.2 Å². The first kappa shape index (κ1) is 19.3. The van der Waals surface area contributed by atoms with E-state index < -0.39 is 0 Å². The van der Waals surface area contributed by atoms with Crippen molar-refractivity contribution in [1.29, 1.82) is 0 Å². The van der Waals surface area contributed by atoms with Crippen LogP contribution in [-0.2, 0) is 4.79 Å². The Kier molecular flexibility index (Phi) is 4.73. The van der Waals surface area contributed by atoms with Crippen LogP contribution in [0.2, 0.25) is 0 Å². The fourth-order valence-electron chi connectivity index (χ4n) is 7.41. The second-order valence-corrected chi connectivity index (χ2v) is 10.6. The van der Waals surface area contributed by atoms with Crippen molar-refractivity contribution < 1.29 is 4.79 Å². The van der Waals surface area contributed by atoms with Gasteiger partial charge in [0.15, 0.2) is 0 Å². The monoisotopic (exact) mass is 416 g/mol. The maximum Gasteiger partial charge on any atom is 0.223 e. The van der Waals surface area contributed by atoms with E-state index in [2.05, 4.69) is 38.0 Å². The number of nitrogens with zero attached hydrogens (tertiary/aromatic N) is 4. The van der Waals surface area contributed by atoms with Gasteiger partial charge in [0.25, 0.3) is 0 Å². The van der Waals surface area contributed by atoms with Gasteiger partial charge in [-0.15, -0.1) is 0 Å². The lowest BCUT2D eigenvalue weighted by Crippen LogP contribution is -2.52. The molecule has 162 valence electrons. The summed E-state index contributed by atoms with van der Waals surface area (Å²) >= 11 is 0. The van der Waals surface area contributed by atoms with Crippen LogP contribution in [0.15, 0.2) is 42.7 Å². The fraction of sp³-hybridized carbons (Fsp3) is 0.577. The Hall–Kier alpha value is -2.43. The molecule has 31 heavy (non-hydrogen) atoms. The van der Waals surface area contributed by atoms with E-state index in [9.17, 15) is 4.79 Å². The molecule has 1 aromatic heterocycles. The Morgan fingerprint density at radius 2 is 1.55 bits per heavy atom. The minimum Gasteiger partial charge on any atom is -0.353 e. The highest BCUT2D eigenvalue weighted by Gasteiger charge is 2.51. The molecule has 0 spiro atoms. The normalized spacial score (nSPS) is 31.8. The summed E-state index contributed by atoms with van der Waals surface area (Å²) in [7, 11) is 0. The largest absolute Gasteiger partial charge is 0.353 e. The van der Waals surface area contributed by atoms with Crippen LogP contribution in [0.5, 0.6) is 0 Å². The van der Waals surface area contributed by atoms with Crippen molar-refractivity contribution in [1.82, 2.24) is 14.9 Å². The molecule has 5 nitrogen and oxygen atoms in total. The van der Waals surface area contributed by atoms with E-state index in [1.807, 2.05) is 18.2 Å². The molecule has 0 radical (unpaired) electrons. The molecule has 1 amide bonds. The topological polar surface area (TPSA) is 49.3 Å². The van der Waals surface area contributed by atoms with E-state index in [0.29, 0.717) is 11.3 Å². The predicted octanol–water partition coefficient (Wildman–Crippen LogP) is 4.40. The quantitative estimate of drug-likeness (QED) is 0.741. The Morgan fingerprint density at radius 1 is 0.903 bits per heavy atom. The smallest absolute Gasteiger partial charge is 0.223 e. The molecular weight excluding hydrogens is 384 g/mol. The highest BCUT2D eigenvalue weighted by molar-refractivity contribution is 5.77. The summed E-state index contributed by atoms with van der Waals surface area (Å²) in [5.41, 5.74) is 2.39. The number of anilines is 1. The van der Waals surface area contributed by atoms with Crippen LogP contribution in [-0.4, -0.2) is 47.0 Å². The number of aromatic nitrogens is 2. The number of carbonyl (C=O) groups excluding carboxylic acids is 1. The third kappa shape index (κ3) is 3.72. The van der Waals surface area contributed by atoms with Crippen molar-refractivity contribution in [3.63, 3.8) is 0 Å². The van der Waals surface area contributed by atoms with Gasteiger partial charge in [-0.3, -0.25) is 4.79 Å². The molecular formula is C26H32N4O. The zero-order chi connectivity index (χ0) is 20.8. The first-order valence-corrected chi connectivity index (χ1v) is 12.1. The molecule has 0 N–H and O–H groups in total. The molecule has 0 unspecified atom stereocenters. The van der Waals surface area contributed by atoms with Gasteiger partial charge in [-0.1, -0.05) is 30.3 Å². The summed E-state index contributed by atoms with van der Waals surface area (Å²) in [6, 6.07) is 12.3. The first-order valence-electron chi connectivity index (χ1n) is 12.1. The lowest BCUT2D eigenvalue weighted by molar-refractivity contribution is -0.139. The molecule has 7 rings (SSSR count). The van der Waals surface area contributed by atoms with E-state index in [-0.39, 0.29) is 0 Å². The lowest BCUT2D eigenvalue weighted by atomic mass is 9.49. The third-order valence-corrected chi connectivity index (χ3v) is 8.37. The fourth-order valence-corrected chi connectivity index (χ4v) is 7.41. The van der Waals surface area contributed by atoms with Gasteiger partial charge < -0.3 is 9.80 Å². The third-order valence-electron chi connectivity index (χ3n) is 8.37. The number of rotatable bonds is 4. The van der Waals surface area contributed by atoms with Crippen molar-refractivity contribution >= 4 is 11.7 Å². The van der Waals surface area contributed by atoms with Gasteiger partial charge in [-0.2, -0.15) is 0 Å².